The van der Waals surface area contributed by atoms with Gasteiger partial charge < -0.3 is 15.5 Å². The third kappa shape index (κ3) is 6.12. The Balaban J connectivity index is 1.34. The molecule has 1 saturated heterocycles. The summed E-state index contributed by atoms with van der Waals surface area (Å²) >= 11 is 1.40. The summed E-state index contributed by atoms with van der Waals surface area (Å²) in [5, 5.41) is 7.55. The standard InChI is InChI=1S/C21H26N4O3S/c1-15-6-7-18(23-14-15)24-20(27)16-8-11-25(12-9-16)19(26)5-2-10-22-21(28)17-4-3-13-29-17/h3-4,6-7,13-14,16H,2,5,8-12H2,1H3,(H,22,28)(H,23,24,27). The molecule has 3 amide bonds. The molecule has 2 aromatic rings. The minimum Gasteiger partial charge on any atom is -0.351 e. The van der Waals surface area contributed by atoms with E-state index in [9.17, 15) is 14.4 Å². The largest absolute Gasteiger partial charge is 0.351 e. The Labute approximate surface area is 174 Å². The van der Waals surface area contributed by atoms with Crippen LogP contribution in [0.25, 0.3) is 0 Å². The van der Waals surface area contributed by atoms with Gasteiger partial charge >= 0.3 is 0 Å². The number of carbonyl (C=O) groups excluding carboxylic acids is 3. The van der Waals surface area contributed by atoms with E-state index < -0.39 is 0 Å². The first-order chi connectivity index (χ1) is 14.0. The lowest BCUT2D eigenvalue weighted by Crippen LogP contribution is -2.41. The number of aryl methyl sites for hydroxylation is 1. The van der Waals surface area contributed by atoms with E-state index in [1.165, 1.54) is 11.3 Å². The summed E-state index contributed by atoms with van der Waals surface area (Å²) < 4.78 is 0. The molecule has 0 saturated carbocycles. The molecular weight excluding hydrogens is 388 g/mol. The lowest BCUT2D eigenvalue weighted by Gasteiger charge is -2.31. The van der Waals surface area contributed by atoms with Crippen LogP contribution in [0.1, 0.15) is 40.9 Å². The second kappa shape index (κ2) is 10.2. The first-order valence-corrected chi connectivity index (χ1v) is 10.7. The van der Waals surface area contributed by atoms with Crippen LogP contribution in [0, 0.1) is 12.8 Å². The molecule has 0 atom stereocenters. The van der Waals surface area contributed by atoms with Gasteiger partial charge in [-0.05, 0) is 49.3 Å². The first kappa shape index (κ1) is 21.0. The van der Waals surface area contributed by atoms with E-state index in [1.807, 2.05) is 29.3 Å². The Morgan fingerprint density at radius 1 is 1.21 bits per heavy atom. The summed E-state index contributed by atoms with van der Waals surface area (Å²) in [6.07, 6.45) is 4.03. The number of amides is 3. The molecule has 1 aliphatic rings. The molecule has 1 fully saturated rings. The van der Waals surface area contributed by atoms with Crippen molar-refractivity contribution in [3.8, 4) is 0 Å². The highest BCUT2D eigenvalue weighted by Gasteiger charge is 2.27. The van der Waals surface area contributed by atoms with Crippen LogP contribution in [0.4, 0.5) is 5.82 Å². The quantitative estimate of drug-likeness (QED) is 0.682. The predicted molar refractivity (Wildman–Crippen MR) is 113 cm³/mol. The zero-order valence-corrected chi connectivity index (χ0v) is 17.3. The van der Waals surface area contributed by atoms with Gasteiger partial charge in [-0.25, -0.2) is 4.98 Å². The molecule has 3 heterocycles. The normalized spacial score (nSPS) is 14.4. The smallest absolute Gasteiger partial charge is 0.261 e. The van der Waals surface area contributed by atoms with Crippen molar-refractivity contribution in [1.82, 2.24) is 15.2 Å². The molecule has 8 heteroatoms. The number of pyridine rings is 1. The van der Waals surface area contributed by atoms with Crippen LogP contribution in [0.15, 0.2) is 35.8 Å². The molecule has 2 aromatic heterocycles. The van der Waals surface area contributed by atoms with Gasteiger partial charge in [0.15, 0.2) is 0 Å². The zero-order valence-electron chi connectivity index (χ0n) is 16.5. The van der Waals surface area contributed by atoms with Crippen molar-refractivity contribution in [2.24, 2.45) is 5.92 Å². The SMILES string of the molecule is Cc1ccc(NC(=O)C2CCN(C(=O)CCCNC(=O)c3cccs3)CC2)nc1. The minimum atomic E-state index is -0.104. The van der Waals surface area contributed by atoms with Gasteiger partial charge in [0.1, 0.15) is 5.82 Å². The van der Waals surface area contributed by atoms with Crippen LogP contribution in [-0.2, 0) is 9.59 Å². The van der Waals surface area contributed by atoms with Gasteiger partial charge in [0.05, 0.1) is 4.88 Å². The Morgan fingerprint density at radius 2 is 2.00 bits per heavy atom. The fraction of sp³-hybridized carbons (Fsp3) is 0.429. The number of nitrogens with one attached hydrogen (secondary N) is 2. The number of likely N-dealkylation sites (tertiary alicyclic amines) is 1. The van der Waals surface area contributed by atoms with E-state index in [0.29, 0.717) is 56.0 Å². The molecule has 2 N–H and O–H groups in total. The van der Waals surface area contributed by atoms with Gasteiger partial charge in [0.2, 0.25) is 11.8 Å². The number of piperidine rings is 1. The van der Waals surface area contributed by atoms with Crippen LogP contribution in [0.2, 0.25) is 0 Å². The zero-order chi connectivity index (χ0) is 20.6. The van der Waals surface area contributed by atoms with Crippen LogP contribution >= 0.6 is 11.3 Å². The van der Waals surface area contributed by atoms with Crippen molar-refractivity contribution in [3.05, 3.63) is 46.3 Å². The lowest BCUT2D eigenvalue weighted by atomic mass is 9.95. The molecule has 3 rings (SSSR count). The van der Waals surface area contributed by atoms with Gasteiger partial charge in [-0.2, -0.15) is 0 Å². The first-order valence-electron chi connectivity index (χ1n) is 9.86. The van der Waals surface area contributed by atoms with E-state index >= 15 is 0 Å². The Kier molecular flexibility index (Phi) is 7.35. The maximum absolute atomic E-state index is 12.4. The molecule has 0 unspecified atom stereocenters. The molecule has 29 heavy (non-hydrogen) atoms. The average molecular weight is 415 g/mol. The third-order valence-electron chi connectivity index (χ3n) is 4.98. The monoisotopic (exact) mass is 414 g/mol. The molecule has 154 valence electrons. The summed E-state index contributed by atoms with van der Waals surface area (Å²) in [6, 6.07) is 7.32. The van der Waals surface area contributed by atoms with Crippen LogP contribution in [0.5, 0.6) is 0 Å². The van der Waals surface area contributed by atoms with Gasteiger partial charge in [-0.3, -0.25) is 14.4 Å². The topological polar surface area (TPSA) is 91.4 Å². The van der Waals surface area contributed by atoms with Crippen LogP contribution in [0.3, 0.4) is 0 Å². The van der Waals surface area contributed by atoms with Crippen molar-refractivity contribution in [2.45, 2.75) is 32.6 Å². The minimum absolute atomic E-state index is 0.0373. The highest BCUT2D eigenvalue weighted by atomic mass is 32.1. The van der Waals surface area contributed by atoms with Gasteiger partial charge in [0.25, 0.3) is 5.91 Å². The van der Waals surface area contributed by atoms with E-state index in [-0.39, 0.29) is 23.6 Å². The predicted octanol–water partition coefficient (Wildman–Crippen LogP) is 2.84. The van der Waals surface area contributed by atoms with Crippen molar-refractivity contribution in [3.63, 3.8) is 0 Å². The Bertz CT molecular complexity index is 828. The summed E-state index contributed by atoms with van der Waals surface area (Å²) in [6.45, 7) is 3.59. The van der Waals surface area contributed by atoms with E-state index in [4.69, 9.17) is 0 Å². The van der Waals surface area contributed by atoms with Crippen molar-refractivity contribution < 1.29 is 14.4 Å². The maximum atomic E-state index is 12.4. The highest BCUT2D eigenvalue weighted by molar-refractivity contribution is 7.12. The van der Waals surface area contributed by atoms with Gasteiger partial charge in [-0.15, -0.1) is 11.3 Å². The van der Waals surface area contributed by atoms with Gasteiger partial charge in [-0.1, -0.05) is 12.1 Å². The summed E-state index contributed by atoms with van der Waals surface area (Å²) in [4.78, 5) is 43.3. The number of thiophene rings is 1. The average Bonchev–Trinajstić information content (AvgIpc) is 3.28. The van der Waals surface area contributed by atoms with Crippen molar-refractivity contribution in [2.75, 3.05) is 25.0 Å². The highest BCUT2D eigenvalue weighted by Crippen LogP contribution is 2.20. The number of hydrogen-bond acceptors (Lipinski definition) is 5. The Morgan fingerprint density at radius 3 is 2.66 bits per heavy atom. The maximum Gasteiger partial charge on any atom is 0.261 e. The summed E-state index contributed by atoms with van der Waals surface area (Å²) in [5.41, 5.74) is 1.04. The second-order valence-electron chi connectivity index (χ2n) is 7.20. The number of carbonyl (C=O) groups is 3. The summed E-state index contributed by atoms with van der Waals surface area (Å²) in [5.74, 6) is 0.400. The fourth-order valence-corrected chi connectivity index (χ4v) is 3.90. The lowest BCUT2D eigenvalue weighted by molar-refractivity contribution is -0.134. The molecule has 1 aliphatic heterocycles. The number of hydrogen-bond donors (Lipinski definition) is 2. The molecule has 0 aliphatic carbocycles. The van der Waals surface area contributed by atoms with Crippen LogP contribution < -0.4 is 10.6 Å². The summed E-state index contributed by atoms with van der Waals surface area (Å²) in [7, 11) is 0. The molecule has 0 spiro atoms. The molecule has 7 nitrogen and oxygen atoms in total. The molecule has 0 radical (unpaired) electrons. The van der Waals surface area contributed by atoms with E-state index in [0.717, 1.165) is 5.56 Å². The number of aromatic nitrogens is 1. The van der Waals surface area contributed by atoms with Crippen molar-refractivity contribution in [1.29, 1.82) is 0 Å². The van der Waals surface area contributed by atoms with E-state index in [1.54, 1.807) is 18.3 Å². The molecule has 0 bridgehead atoms. The second-order valence-corrected chi connectivity index (χ2v) is 8.15. The Hall–Kier alpha value is -2.74. The van der Waals surface area contributed by atoms with Crippen LogP contribution in [-0.4, -0.2) is 47.2 Å². The number of anilines is 1. The van der Waals surface area contributed by atoms with Crippen molar-refractivity contribution >= 4 is 34.9 Å². The number of rotatable bonds is 7. The number of nitrogens with zero attached hydrogens (tertiary/aromatic N) is 2. The van der Waals surface area contributed by atoms with Gasteiger partial charge in [0, 0.05) is 38.2 Å². The van der Waals surface area contributed by atoms with E-state index in [2.05, 4.69) is 15.6 Å². The fourth-order valence-electron chi connectivity index (χ4n) is 3.26. The molecular formula is C21H26N4O3S. The third-order valence-corrected chi connectivity index (χ3v) is 5.85. The molecule has 0 aromatic carbocycles.